The lowest BCUT2D eigenvalue weighted by atomic mass is 10.2. The van der Waals surface area contributed by atoms with Gasteiger partial charge in [0.2, 0.25) is 0 Å². The minimum atomic E-state index is 1.23. The molecule has 0 atom stereocenters. The first kappa shape index (κ1) is 12.4. The van der Waals surface area contributed by atoms with E-state index in [9.17, 15) is 0 Å². The largest absolute Gasteiger partial charge is 0.264 e. The lowest BCUT2D eigenvalue weighted by Gasteiger charge is -1.92. The number of aromatic nitrogens is 2. The molecule has 0 radical (unpaired) electrons. The average molecular weight is 214 g/mol. The van der Waals surface area contributed by atoms with E-state index in [4.69, 9.17) is 0 Å². The Labute approximate surface area is 97.4 Å². The zero-order valence-corrected chi connectivity index (χ0v) is 10.4. The van der Waals surface area contributed by atoms with Crippen molar-refractivity contribution in [3.05, 3.63) is 59.2 Å². The Kier molecular flexibility index (Phi) is 4.65. The number of aryl methyl sites for hydroxylation is 4. The monoisotopic (exact) mass is 214 g/mol. The van der Waals surface area contributed by atoms with Gasteiger partial charge in [0.15, 0.2) is 0 Å². The predicted molar refractivity (Wildman–Crippen MR) is 67.4 cm³/mol. The van der Waals surface area contributed by atoms with Crippen LogP contribution in [0.4, 0.5) is 0 Å². The molecule has 0 spiro atoms. The molecular formula is C14H18N2. The van der Waals surface area contributed by atoms with E-state index in [2.05, 4.69) is 29.9 Å². The topological polar surface area (TPSA) is 25.8 Å². The van der Waals surface area contributed by atoms with Crippen LogP contribution in [0.5, 0.6) is 0 Å². The maximum Gasteiger partial charge on any atom is 0.0299 e. The average Bonchev–Trinajstić information content (AvgIpc) is 2.23. The van der Waals surface area contributed by atoms with Gasteiger partial charge in [0.05, 0.1) is 0 Å². The summed E-state index contributed by atoms with van der Waals surface area (Å²) in [4.78, 5) is 7.93. The molecule has 0 N–H and O–H groups in total. The molecule has 0 aliphatic rings. The van der Waals surface area contributed by atoms with Gasteiger partial charge in [0.25, 0.3) is 0 Å². The van der Waals surface area contributed by atoms with Crippen LogP contribution in [0.3, 0.4) is 0 Å². The van der Waals surface area contributed by atoms with Crippen molar-refractivity contribution in [2.75, 3.05) is 0 Å². The molecule has 0 saturated heterocycles. The Hall–Kier alpha value is -1.70. The second-order valence-corrected chi connectivity index (χ2v) is 4.00. The van der Waals surface area contributed by atoms with Gasteiger partial charge in [0.1, 0.15) is 0 Å². The molecule has 0 unspecified atom stereocenters. The van der Waals surface area contributed by atoms with Crippen LogP contribution >= 0.6 is 0 Å². The molecule has 0 aromatic carbocycles. The Bertz CT molecular complexity index is 412. The first-order valence-electron chi connectivity index (χ1n) is 5.35. The van der Waals surface area contributed by atoms with Gasteiger partial charge in [0, 0.05) is 24.8 Å². The molecule has 0 saturated carbocycles. The van der Waals surface area contributed by atoms with Crippen LogP contribution < -0.4 is 0 Å². The van der Waals surface area contributed by atoms with Crippen LogP contribution in [0.1, 0.15) is 22.3 Å². The minimum Gasteiger partial charge on any atom is -0.264 e. The van der Waals surface area contributed by atoms with E-state index in [1.165, 1.54) is 22.3 Å². The lowest BCUT2D eigenvalue weighted by Crippen LogP contribution is -1.78. The molecular weight excluding hydrogens is 196 g/mol. The van der Waals surface area contributed by atoms with Crippen molar-refractivity contribution in [1.82, 2.24) is 9.97 Å². The fourth-order valence-corrected chi connectivity index (χ4v) is 1.25. The van der Waals surface area contributed by atoms with Gasteiger partial charge in [-0.3, -0.25) is 9.97 Å². The van der Waals surface area contributed by atoms with Gasteiger partial charge in [-0.25, -0.2) is 0 Å². The summed E-state index contributed by atoms with van der Waals surface area (Å²) in [5.74, 6) is 0. The second-order valence-electron chi connectivity index (χ2n) is 4.00. The van der Waals surface area contributed by atoms with E-state index >= 15 is 0 Å². The van der Waals surface area contributed by atoms with E-state index in [1.807, 2.05) is 44.7 Å². The van der Waals surface area contributed by atoms with Gasteiger partial charge in [-0.2, -0.15) is 0 Å². The molecule has 2 rings (SSSR count). The SMILES string of the molecule is Cc1ccncc1C.Cc1cncc(C)c1. The van der Waals surface area contributed by atoms with Crippen LogP contribution in [0.25, 0.3) is 0 Å². The van der Waals surface area contributed by atoms with E-state index < -0.39 is 0 Å². The Morgan fingerprint density at radius 3 is 1.69 bits per heavy atom. The van der Waals surface area contributed by atoms with Gasteiger partial charge >= 0.3 is 0 Å². The molecule has 0 aliphatic heterocycles. The van der Waals surface area contributed by atoms with E-state index in [1.54, 1.807) is 0 Å². The summed E-state index contributed by atoms with van der Waals surface area (Å²) >= 11 is 0. The Morgan fingerprint density at radius 1 is 0.750 bits per heavy atom. The van der Waals surface area contributed by atoms with Crippen molar-refractivity contribution < 1.29 is 0 Å². The zero-order chi connectivity index (χ0) is 12.0. The molecule has 0 bridgehead atoms. The third-order valence-corrected chi connectivity index (χ3v) is 2.31. The molecule has 2 nitrogen and oxygen atoms in total. The third kappa shape index (κ3) is 4.22. The molecule has 2 aromatic heterocycles. The molecule has 2 heterocycles. The number of hydrogen-bond acceptors (Lipinski definition) is 2. The van der Waals surface area contributed by atoms with Crippen molar-refractivity contribution in [2.24, 2.45) is 0 Å². The number of pyridine rings is 2. The number of rotatable bonds is 0. The number of nitrogens with zero attached hydrogens (tertiary/aromatic N) is 2. The first-order chi connectivity index (χ1) is 7.59. The van der Waals surface area contributed by atoms with Crippen LogP contribution in [-0.4, -0.2) is 9.97 Å². The van der Waals surface area contributed by atoms with Crippen LogP contribution in [0, 0.1) is 27.7 Å². The Morgan fingerprint density at radius 2 is 1.38 bits per heavy atom. The summed E-state index contributed by atoms with van der Waals surface area (Å²) in [5, 5.41) is 0. The molecule has 16 heavy (non-hydrogen) atoms. The van der Waals surface area contributed by atoms with Crippen molar-refractivity contribution in [1.29, 1.82) is 0 Å². The molecule has 84 valence electrons. The molecule has 0 aliphatic carbocycles. The lowest BCUT2D eigenvalue weighted by molar-refractivity contribution is 1.22. The fraction of sp³-hybridized carbons (Fsp3) is 0.286. The first-order valence-corrected chi connectivity index (χ1v) is 5.35. The molecule has 0 fully saturated rings. The van der Waals surface area contributed by atoms with Gasteiger partial charge < -0.3 is 0 Å². The van der Waals surface area contributed by atoms with E-state index in [0.29, 0.717) is 0 Å². The summed E-state index contributed by atoms with van der Waals surface area (Å²) in [6.07, 6.45) is 7.39. The highest BCUT2D eigenvalue weighted by Crippen LogP contribution is 2.00. The maximum atomic E-state index is 3.98. The third-order valence-electron chi connectivity index (χ3n) is 2.31. The number of hydrogen-bond donors (Lipinski definition) is 0. The van der Waals surface area contributed by atoms with Crippen LogP contribution in [0.15, 0.2) is 36.9 Å². The standard InChI is InChI=1S/2C7H9N/c1-6-3-7(2)5-8-4-6;1-6-3-4-8-5-7(6)2/h2*3-5H,1-2H3. The highest BCUT2D eigenvalue weighted by atomic mass is 14.6. The van der Waals surface area contributed by atoms with Gasteiger partial charge in [-0.1, -0.05) is 6.07 Å². The van der Waals surface area contributed by atoms with Crippen molar-refractivity contribution in [3.63, 3.8) is 0 Å². The fourth-order valence-electron chi connectivity index (χ4n) is 1.25. The summed E-state index contributed by atoms with van der Waals surface area (Å²) in [7, 11) is 0. The highest BCUT2D eigenvalue weighted by Gasteiger charge is 1.85. The van der Waals surface area contributed by atoms with Crippen LogP contribution in [0.2, 0.25) is 0 Å². The molecule has 2 aromatic rings. The van der Waals surface area contributed by atoms with Crippen molar-refractivity contribution >= 4 is 0 Å². The second kappa shape index (κ2) is 6.01. The summed E-state index contributed by atoms with van der Waals surface area (Å²) in [6, 6.07) is 4.11. The quantitative estimate of drug-likeness (QED) is 0.671. The van der Waals surface area contributed by atoms with E-state index in [0.717, 1.165) is 0 Å². The zero-order valence-electron chi connectivity index (χ0n) is 10.4. The minimum absolute atomic E-state index is 1.23. The summed E-state index contributed by atoms with van der Waals surface area (Å²) in [6.45, 7) is 8.22. The smallest absolute Gasteiger partial charge is 0.0299 e. The van der Waals surface area contributed by atoms with E-state index in [-0.39, 0.29) is 0 Å². The highest BCUT2D eigenvalue weighted by molar-refractivity contribution is 5.18. The molecule has 0 amide bonds. The normalized spacial score (nSPS) is 9.25. The molecule has 2 heteroatoms. The Balaban J connectivity index is 0.000000160. The van der Waals surface area contributed by atoms with Crippen molar-refractivity contribution in [3.8, 4) is 0 Å². The van der Waals surface area contributed by atoms with Gasteiger partial charge in [-0.05, 0) is 56.0 Å². The maximum absolute atomic E-state index is 3.98. The van der Waals surface area contributed by atoms with Gasteiger partial charge in [-0.15, -0.1) is 0 Å². The predicted octanol–water partition coefficient (Wildman–Crippen LogP) is 3.40. The van der Waals surface area contributed by atoms with Crippen LogP contribution in [-0.2, 0) is 0 Å². The van der Waals surface area contributed by atoms with Crippen molar-refractivity contribution in [2.45, 2.75) is 27.7 Å². The summed E-state index contributed by atoms with van der Waals surface area (Å²) < 4.78 is 0. The summed E-state index contributed by atoms with van der Waals surface area (Å²) in [5.41, 5.74) is 5.02.